The Morgan fingerprint density at radius 2 is 2.11 bits per heavy atom. The van der Waals surface area contributed by atoms with Crippen molar-refractivity contribution in [3.8, 4) is 0 Å². The Balaban J connectivity index is 2.21. The van der Waals surface area contributed by atoms with Crippen LogP contribution >= 0.6 is 0 Å². The summed E-state index contributed by atoms with van der Waals surface area (Å²) >= 11 is 0. The lowest BCUT2D eigenvalue weighted by molar-refractivity contribution is 0.102. The maximum absolute atomic E-state index is 13.4. The molecule has 5 heteroatoms. The van der Waals surface area contributed by atoms with Crippen LogP contribution in [-0.2, 0) is 0 Å². The van der Waals surface area contributed by atoms with E-state index in [1.165, 1.54) is 24.4 Å². The van der Waals surface area contributed by atoms with Crippen LogP contribution in [0.2, 0.25) is 0 Å². The minimum atomic E-state index is -0.530. The van der Waals surface area contributed by atoms with Crippen molar-refractivity contribution in [1.82, 2.24) is 4.98 Å². The summed E-state index contributed by atoms with van der Waals surface area (Å²) in [6.07, 6.45) is 1.44. The van der Waals surface area contributed by atoms with Gasteiger partial charge in [-0.3, -0.25) is 9.78 Å². The fourth-order valence-electron chi connectivity index (χ4n) is 1.44. The number of nitrogen functional groups attached to an aromatic ring is 1. The zero-order chi connectivity index (χ0) is 13.1. The van der Waals surface area contributed by atoms with E-state index in [1.807, 2.05) is 6.92 Å². The molecule has 0 bridgehead atoms. The molecule has 3 N–H and O–H groups in total. The van der Waals surface area contributed by atoms with E-state index in [4.69, 9.17) is 5.73 Å². The van der Waals surface area contributed by atoms with Gasteiger partial charge in [0, 0.05) is 17.6 Å². The summed E-state index contributed by atoms with van der Waals surface area (Å²) in [4.78, 5) is 15.8. The number of aromatic nitrogens is 1. The Morgan fingerprint density at radius 1 is 1.33 bits per heavy atom. The maximum Gasteiger partial charge on any atom is 0.257 e. The van der Waals surface area contributed by atoms with Crippen molar-refractivity contribution in [2.75, 3.05) is 11.1 Å². The quantitative estimate of drug-likeness (QED) is 0.798. The molecule has 0 unspecified atom stereocenters. The van der Waals surface area contributed by atoms with Crippen molar-refractivity contribution in [2.45, 2.75) is 6.92 Å². The fourth-order valence-corrected chi connectivity index (χ4v) is 1.44. The highest BCUT2D eigenvalue weighted by molar-refractivity contribution is 6.04. The zero-order valence-electron chi connectivity index (χ0n) is 9.77. The second kappa shape index (κ2) is 4.83. The van der Waals surface area contributed by atoms with Gasteiger partial charge in [0.1, 0.15) is 5.82 Å². The van der Waals surface area contributed by atoms with Crippen molar-refractivity contribution < 1.29 is 9.18 Å². The second-order valence-corrected chi connectivity index (χ2v) is 3.88. The predicted octanol–water partition coefficient (Wildman–Crippen LogP) is 2.36. The molecule has 0 saturated carbocycles. The Labute approximate surface area is 104 Å². The summed E-state index contributed by atoms with van der Waals surface area (Å²) in [6, 6.07) is 7.35. The van der Waals surface area contributed by atoms with Gasteiger partial charge in [-0.1, -0.05) is 0 Å². The SMILES string of the molecule is Cc1ccc(C(=O)Nc2cc(N)ccc2F)cn1. The van der Waals surface area contributed by atoms with Crippen LogP contribution in [0, 0.1) is 12.7 Å². The number of nitrogens with one attached hydrogen (secondary N) is 1. The highest BCUT2D eigenvalue weighted by atomic mass is 19.1. The molecule has 2 rings (SSSR count). The van der Waals surface area contributed by atoms with Gasteiger partial charge >= 0.3 is 0 Å². The number of anilines is 2. The Bertz CT molecular complexity index is 581. The van der Waals surface area contributed by atoms with Crippen molar-refractivity contribution in [1.29, 1.82) is 0 Å². The maximum atomic E-state index is 13.4. The van der Waals surface area contributed by atoms with E-state index >= 15 is 0 Å². The number of benzene rings is 1. The van der Waals surface area contributed by atoms with Crippen LogP contribution in [-0.4, -0.2) is 10.9 Å². The molecule has 0 aliphatic rings. The number of carbonyl (C=O) groups is 1. The van der Waals surface area contributed by atoms with Crippen molar-refractivity contribution in [3.63, 3.8) is 0 Å². The van der Waals surface area contributed by atoms with Crippen molar-refractivity contribution >= 4 is 17.3 Å². The van der Waals surface area contributed by atoms with Gasteiger partial charge in [-0.2, -0.15) is 0 Å². The molecule has 0 radical (unpaired) electrons. The van der Waals surface area contributed by atoms with E-state index in [0.717, 1.165) is 5.69 Å². The first-order chi connectivity index (χ1) is 8.56. The fraction of sp³-hybridized carbons (Fsp3) is 0.0769. The minimum absolute atomic E-state index is 0.0561. The molecule has 2 aromatic rings. The number of amides is 1. The summed E-state index contributed by atoms with van der Waals surface area (Å²) in [5, 5.41) is 2.45. The summed E-state index contributed by atoms with van der Waals surface area (Å²) in [5.74, 6) is -0.954. The van der Waals surface area contributed by atoms with Crippen molar-refractivity contribution in [2.24, 2.45) is 0 Å². The van der Waals surface area contributed by atoms with Gasteiger partial charge < -0.3 is 11.1 Å². The monoisotopic (exact) mass is 245 g/mol. The number of hydrogen-bond acceptors (Lipinski definition) is 3. The number of carbonyl (C=O) groups excluding carboxylic acids is 1. The topological polar surface area (TPSA) is 68.0 Å². The van der Waals surface area contributed by atoms with Gasteiger partial charge in [0.15, 0.2) is 0 Å². The summed E-state index contributed by atoms with van der Waals surface area (Å²) < 4.78 is 13.4. The van der Waals surface area contributed by atoms with Crippen LogP contribution in [0.4, 0.5) is 15.8 Å². The van der Waals surface area contributed by atoms with E-state index in [9.17, 15) is 9.18 Å². The number of rotatable bonds is 2. The van der Waals surface area contributed by atoms with Gasteiger partial charge in [-0.15, -0.1) is 0 Å². The van der Waals surface area contributed by atoms with E-state index in [-0.39, 0.29) is 5.69 Å². The van der Waals surface area contributed by atoms with Crippen LogP contribution in [0.3, 0.4) is 0 Å². The lowest BCUT2D eigenvalue weighted by atomic mass is 10.2. The lowest BCUT2D eigenvalue weighted by Gasteiger charge is -2.07. The molecule has 18 heavy (non-hydrogen) atoms. The van der Waals surface area contributed by atoms with Crippen molar-refractivity contribution in [3.05, 3.63) is 53.6 Å². The average Bonchev–Trinajstić information content (AvgIpc) is 2.34. The molecule has 1 aromatic carbocycles. The largest absolute Gasteiger partial charge is 0.399 e. The molecule has 0 atom stereocenters. The summed E-state index contributed by atoms with van der Waals surface area (Å²) in [6.45, 7) is 1.82. The Morgan fingerprint density at radius 3 is 2.78 bits per heavy atom. The molecular formula is C13H12FN3O. The smallest absolute Gasteiger partial charge is 0.257 e. The highest BCUT2D eigenvalue weighted by Gasteiger charge is 2.09. The van der Waals surface area contributed by atoms with Gasteiger partial charge in [-0.25, -0.2) is 4.39 Å². The summed E-state index contributed by atoms with van der Waals surface area (Å²) in [5.41, 5.74) is 7.14. The molecule has 0 aliphatic heterocycles. The first kappa shape index (κ1) is 12.0. The van der Waals surface area contributed by atoms with Crippen LogP contribution in [0.1, 0.15) is 16.1 Å². The third kappa shape index (κ3) is 2.63. The zero-order valence-corrected chi connectivity index (χ0v) is 9.77. The van der Waals surface area contributed by atoms with E-state index in [0.29, 0.717) is 11.3 Å². The van der Waals surface area contributed by atoms with Crippen LogP contribution in [0.5, 0.6) is 0 Å². The molecule has 0 saturated heterocycles. The number of nitrogens with two attached hydrogens (primary N) is 1. The molecule has 1 amide bonds. The van der Waals surface area contributed by atoms with Crippen LogP contribution < -0.4 is 11.1 Å². The molecule has 0 aliphatic carbocycles. The molecule has 1 heterocycles. The Hall–Kier alpha value is -2.43. The van der Waals surface area contributed by atoms with E-state index < -0.39 is 11.7 Å². The third-order valence-corrected chi connectivity index (χ3v) is 2.41. The third-order valence-electron chi connectivity index (χ3n) is 2.41. The predicted molar refractivity (Wildman–Crippen MR) is 67.7 cm³/mol. The minimum Gasteiger partial charge on any atom is -0.399 e. The lowest BCUT2D eigenvalue weighted by Crippen LogP contribution is -2.13. The average molecular weight is 245 g/mol. The molecule has 92 valence electrons. The second-order valence-electron chi connectivity index (χ2n) is 3.88. The van der Waals surface area contributed by atoms with Gasteiger partial charge in [-0.05, 0) is 37.3 Å². The first-order valence-corrected chi connectivity index (χ1v) is 5.35. The van der Waals surface area contributed by atoms with Gasteiger partial charge in [0.2, 0.25) is 0 Å². The molecular weight excluding hydrogens is 233 g/mol. The Kier molecular flexibility index (Phi) is 3.23. The summed E-state index contributed by atoms with van der Waals surface area (Å²) in [7, 11) is 0. The molecule has 4 nitrogen and oxygen atoms in total. The van der Waals surface area contributed by atoms with E-state index in [2.05, 4.69) is 10.3 Å². The van der Waals surface area contributed by atoms with Gasteiger partial charge in [0.05, 0.1) is 11.3 Å². The number of aryl methyl sites for hydroxylation is 1. The van der Waals surface area contributed by atoms with E-state index in [1.54, 1.807) is 12.1 Å². The normalized spacial score (nSPS) is 10.1. The molecule has 0 spiro atoms. The number of nitrogens with zero attached hydrogens (tertiary/aromatic N) is 1. The molecule has 1 aromatic heterocycles. The number of halogens is 1. The number of pyridine rings is 1. The number of hydrogen-bond donors (Lipinski definition) is 2. The van der Waals surface area contributed by atoms with Gasteiger partial charge in [0.25, 0.3) is 5.91 Å². The molecule has 0 fully saturated rings. The highest BCUT2D eigenvalue weighted by Crippen LogP contribution is 2.18. The van der Waals surface area contributed by atoms with Crippen LogP contribution in [0.25, 0.3) is 0 Å². The standard InChI is InChI=1S/C13H12FN3O/c1-8-2-3-9(7-16-8)13(18)17-12-6-10(15)4-5-11(12)14/h2-7H,15H2,1H3,(H,17,18). The van der Waals surface area contributed by atoms with Crippen LogP contribution in [0.15, 0.2) is 36.5 Å². The first-order valence-electron chi connectivity index (χ1n) is 5.35.